The molecule has 0 saturated heterocycles. The molecule has 0 atom stereocenters. The Labute approximate surface area is 246 Å². The molecule has 4 nitrogen and oxygen atoms in total. The van der Waals surface area contributed by atoms with Crippen LogP contribution in [0.2, 0.25) is 0 Å². The summed E-state index contributed by atoms with van der Waals surface area (Å²) >= 11 is 5.06. The number of benzene rings is 4. The third-order valence-corrected chi connectivity index (χ3v) is 4.79. The Hall–Kier alpha value is -2.44. The van der Waals surface area contributed by atoms with Crippen LogP contribution in [0.1, 0.15) is 31.8 Å². The van der Waals surface area contributed by atoms with Gasteiger partial charge in [-0.05, 0) is 0 Å². The monoisotopic (exact) mass is 822 g/mol. The van der Waals surface area contributed by atoms with Crippen LogP contribution >= 0.6 is 37.3 Å². The fourth-order valence-corrected chi connectivity index (χ4v) is 3.00. The average Bonchev–Trinajstić information content (AvgIpc) is 2.95. The van der Waals surface area contributed by atoms with Crippen LogP contribution in [-0.4, -0.2) is 35.0 Å². The molecule has 2 radical (unpaired) electrons. The summed E-state index contributed by atoms with van der Waals surface area (Å²) in [4.78, 5) is 23.6. The van der Waals surface area contributed by atoms with Crippen molar-refractivity contribution >= 4 is 73.6 Å². The van der Waals surface area contributed by atoms with Crippen LogP contribution in [0.3, 0.4) is 0 Å². The predicted octanol–water partition coefficient (Wildman–Crippen LogP) is 8.33. The molecule has 0 bridgehead atoms. The zero-order valence-corrected chi connectivity index (χ0v) is 26.8. The summed E-state index contributed by atoms with van der Waals surface area (Å²) in [5.74, 6) is -0.433. The SMILES string of the molecule is O=C(/C=C(\O)c1ccccc1)c1ccccc1.O=C(/C=C(\O)c1ccccc1)c1ccccc1.[I][Sn][I]. The molecule has 0 fully saturated rings. The summed E-state index contributed by atoms with van der Waals surface area (Å²) in [5, 5.41) is 19.6. The third-order valence-electron chi connectivity index (χ3n) is 4.79. The van der Waals surface area contributed by atoms with Crippen LogP contribution in [0.5, 0.6) is 0 Å². The van der Waals surface area contributed by atoms with Crippen molar-refractivity contribution in [1.82, 2.24) is 0 Å². The van der Waals surface area contributed by atoms with Gasteiger partial charge in [-0.1, -0.05) is 121 Å². The number of aliphatic hydroxyl groups excluding tert-OH is 2. The van der Waals surface area contributed by atoms with Gasteiger partial charge in [0.15, 0.2) is 11.6 Å². The second-order valence-corrected chi connectivity index (χ2v) is 28.8. The zero-order chi connectivity index (χ0) is 26.9. The zero-order valence-electron chi connectivity index (χ0n) is 19.7. The van der Waals surface area contributed by atoms with Crippen molar-refractivity contribution in [2.45, 2.75) is 0 Å². The van der Waals surface area contributed by atoms with Crippen molar-refractivity contribution in [1.29, 1.82) is 0 Å². The van der Waals surface area contributed by atoms with Gasteiger partial charge in [-0.15, -0.1) is 0 Å². The number of allylic oxidation sites excluding steroid dienone is 2. The van der Waals surface area contributed by atoms with E-state index in [2.05, 4.69) is 37.3 Å². The first-order valence-electron chi connectivity index (χ1n) is 11.0. The van der Waals surface area contributed by atoms with Crippen LogP contribution in [0, 0.1) is 0 Å². The third kappa shape index (κ3) is 11.7. The van der Waals surface area contributed by atoms with E-state index in [0.717, 1.165) is 0 Å². The number of rotatable bonds is 6. The van der Waals surface area contributed by atoms with Gasteiger partial charge < -0.3 is 10.2 Å². The van der Waals surface area contributed by atoms with E-state index in [1.54, 1.807) is 72.8 Å². The van der Waals surface area contributed by atoms with E-state index in [4.69, 9.17) is 0 Å². The molecule has 0 saturated carbocycles. The maximum atomic E-state index is 11.8. The number of hydrogen-bond donors (Lipinski definition) is 2. The summed E-state index contributed by atoms with van der Waals surface area (Å²) in [7, 11) is 0. The Morgan fingerprint density at radius 3 is 0.946 bits per heavy atom. The summed E-state index contributed by atoms with van der Waals surface area (Å²) in [6, 6.07) is 35.7. The van der Waals surface area contributed by atoms with Crippen molar-refractivity contribution < 1.29 is 19.8 Å². The molecule has 0 aliphatic heterocycles. The van der Waals surface area contributed by atoms with E-state index in [1.807, 2.05) is 48.5 Å². The van der Waals surface area contributed by atoms with Crippen molar-refractivity contribution in [3.63, 3.8) is 0 Å². The van der Waals surface area contributed by atoms with Gasteiger partial charge in [0.25, 0.3) is 0 Å². The van der Waals surface area contributed by atoms with E-state index in [0.29, 0.717) is 22.3 Å². The topological polar surface area (TPSA) is 74.6 Å². The molecule has 0 heterocycles. The molecule has 7 heteroatoms. The normalized spacial score (nSPS) is 10.8. The molecule has 4 aromatic rings. The fraction of sp³-hybridized carbons (Fsp3) is 0. The summed E-state index contributed by atoms with van der Waals surface area (Å²) in [6.45, 7) is 0. The molecule has 186 valence electrons. The number of hydrogen-bond acceptors (Lipinski definition) is 4. The Bertz CT molecular complexity index is 1190. The average molecular weight is 821 g/mol. The van der Waals surface area contributed by atoms with Gasteiger partial charge in [0.2, 0.25) is 0 Å². The van der Waals surface area contributed by atoms with Gasteiger partial charge in [0.1, 0.15) is 11.5 Å². The molecule has 4 aromatic carbocycles. The minimum atomic E-state index is -0.202. The van der Waals surface area contributed by atoms with Gasteiger partial charge in [0.05, 0.1) is 0 Å². The first-order chi connectivity index (χ1) is 18.0. The molecule has 0 spiro atoms. The second kappa shape index (κ2) is 17.9. The van der Waals surface area contributed by atoms with E-state index < -0.39 is 0 Å². The van der Waals surface area contributed by atoms with E-state index in [1.165, 1.54) is 12.2 Å². The van der Waals surface area contributed by atoms with Crippen LogP contribution in [0.4, 0.5) is 0 Å². The minimum absolute atomic E-state index is 0.0144. The molecule has 0 aromatic heterocycles. The molecule has 0 amide bonds. The Morgan fingerprint density at radius 2 is 0.703 bits per heavy atom. The van der Waals surface area contributed by atoms with E-state index >= 15 is 0 Å². The molecular weight excluding hydrogens is 797 g/mol. The Kier molecular flexibility index (Phi) is 14.9. The fourth-order valence-electron chi connectivity index (χ4n) is 3.00. The number of carbonyl (C=O) groups excluding carboxylic acids is 2. The van der Waals surface area contributed by atoms with E-state index in [-0.39, 0.29) is 36.3 Å². The summed E-state index contributed by atoms with van der Waals surface area (Å²) < 4.78 is 0. The molecule has 0 aliphatic rings. The number of ketones is 2. The second-order valence-electron chi connectivity index (χ2n) is 7.32. The predicted molar refractivity (Wildman–Crippen MR) is 169 cm³/mol. The first kappa shape index (κ1) is 30.8. The first-order valence-corrected chi connectivity index (χ1v) is 27.7. The van der Waals surface area contributed by atoms with Crippen molar-refractivity contribution in [3.05, 3.63) is 156 Å². The van der Waals surface area contributed by atoms with Crippen molar-refractivity contribution in [3.8, 4) is 0 Å². The van der Waals surface area contributed by atoms with Crippen molar-refractivity contribution in [2.75, 3.05) is 0 Å². The van der Waals surface area contributed by atoms with Crippen LogP contribution in [-0.2, 0) is 0 Å². The van der Waals surface area contributed by atoms with Gasteiger partial charge in [-0.2, -0.15) is 0 Å². The molecular formula is C30H24I2O4Sn. The van der Waals surface area contributed by atoms with Gasteiger partial charge in [0, 0.05) is 34.4 Å². The van der Waals surface area contributed by atoms with Crippen LogP contribution in [0.25, 0.3) is 11.5 Å². The van der Waals surface area contributed by atoms with Gasteiger partial charge in [-0.3, -0.25) is 9.59 Å². The van der Waals surface area contributed by atoms with Crippen molar-refractivity contribution in [2.24, 2.45) is 0 Å². The number of aliphatic hydroxyl groups is 2. The molecule has 2 N–H and O–H groups in total. The molecule has 37 heavy (non-hydrogen) atoms. The molecule has 0 unspecified atom stereocenters. The standard InChI is InChI=1S/2C15H12O2.2HI.Sn/c2*16-14(12-7-3-1-4-8-12)11-15(17)13-9-5-2-6-10-13;;;/h2*1-11,16H;2*1H;/q;;;;+2/p-2/b2*14-11-;;;. The number of halogens is 2. The number of carbonyl (C=O) groups is 2. The Morgan fingerprint density at radius 1 is 0.486 bits per heavy atom. The van der Waals surface area contributed by atoms with Crippen LogP contribution in [0.15, 0.2) is 133 Å². The summed E-state index contributed by atoms with van der Waals surface area (Å²) in [5.41, 5.74) is 2.40. The van der Waals surface area contributed by atoms with E-state index in [9.17, 15) is 19.8 Å². The molecule has 0 aliphatic carbocycles. The Balaban J connectivity index is 0.000000235. The van der Waals surface area contributed by atoms with Gasteiger partial charge in [-0.25, -0.2) is 0 Å². The van der Waals surface area contributed by atoms with Gasteiger partial charge >= 0.3 is 50.5 Å². The quantitative estimate of drug-likeness (QED) is 0.0675. The summed E-state index contributed by atoms with van der Waals surface area (Å²) in [6.07, 6.45) is 2.48. The molecule has 4 rings (SSSR count). The van der Waals surface area contributed by atoms with Crippen LogP contribution < -0.4 is 0 Å². The maximum absolute atomic E-state index is 11.8.